The van der Waals surface area contributed by atoms with Gasteiger partial charge in [0.1, 0.15) is 5.75 Å². The van der Waals surface area contributed by atoms with E-state index in [1.54, 1.807) is 0 Å². The fraction of sp³-hybridized carbons (Fsp3) is 0.273. The highest BCUT2D eigenvalue weighted by Gasteiger charge is 2.13. The summed E-state index contributed by atoms with van der Waals surface area (Å²) in [5.41, 5.74) is 5.77. The molecule has 33 heavy (non-hydrogen) atoms. The number of non-ortho nitro benzene ring substituents is 1. The quantitative estimate of drug-likeness (QED) is 0.249. The molecule has 2 aromatic carbocycles. The first kappa shape index (κ1) is 23.4. The Morgan fingerprint density at radius 1 is 1.09 bits per heavy atom. The van der Waals surface area contributed by atoms with Crippen LogP contribution in [0.25, 0.3) is 0 Å². The maximum atomic E-state index is 11.0. The van der Waals surface area contributed by atoms with Gasteiger partial charge in [-0.3, -0.25) is 10.1 Å². The van der Waals surface area contributed by atoms with Crippen LogP contribution in [-0.2, 0) is 0 Å². The third-order valence-corrected chi connectivity index (χ3v) is 4.90. The van der Waals surface area contributed by atoms with Crippen molar-refractivity contribution < 1.29 is 10.0 Å². The average molecular weight is 451 g/mol. The molecule has 0 spiro atoms. The topological polar surface area (TPSA) is 142 Å². The Bertz CT molecular complexity index is 1180. The number of nitro groups is 1. The van der Waals surface area contributed by atoms with Crippen LogP contribution in [0.2, 0.25) is 0 Å². The molecule has 0 saturated carbocycles. The first-order chi connectivity index (χ1) is 15.8. The predicted molar refractivity (Wildman–Crippen MR) is 129 cm³/mol. The van der Waals surface area contributed by atoms with Gasteiger partial charge in [0.15, 0.2) is 0 Å². The smallest absolute Gasteiger partial charge is 0.270 e. The maximum Gasteiger partial charge on any atom is 0.270 e. The summed E-state index contributed by atoms with van der Waals surface area (Å²) in [6.45, 7) is 9.40. The molecule has 0 aliphatic rings. The number of aryl methyl sites for hydroxylation is 2. The van der Waals surface area contributed by atoms with Crippen molar-refractivity contribution in [2.45, 2.75) is 27.7 Å². The van der Waals surface area contributed by atoms with Crippen molar-refractivity contribution in [3.63, 3.8) is 0 Å². The van der Waals surface area contributed by atoms with Crippen molar-refractivity contribution >= 4 is 35.4 Å². The van der Waals surface area contributed by atoms with Crippen LogP contribution in [0.1, 0.15) is 30.5 Å². The lowest BCUT2D eigenvalue weighted by Crippen LogP contribution is -2.25. The van der Waals surface area contributed by atoms with Gasteiger partial charge in [-0.05, 0) is 51.0 Å². The molecule has 0 fully saturated rings. The summed E-state index contributed by atoms with van der Waals surface area (Å²) in [5, 5.41) is 28.2. The molecule has 3 aromatic rings. The van der Waals surface area contributed by atoms with Crippen LogP contribution in [0, 0.1) is 24.0 Å². The van der Waals surface area contributed by atoms with Gasteiger partial charge < -0.3 is 15.3 Å². The molecule has 0 amide bonds. The highest BCUT2D eigenvalue weighted by atomic mass is 16.6. The molecule has 11 nitrogen and oxygen atoms in total. The Morgan fingerprint density at radius 2 is 1.82 bits per heavy atom. The second kappa shape index (κ2) is 10.4. The zero-order chi connectivity index (χ0) is 24.0. The van der Waals surface area contributed by atoms with E-state index in [-0.39, 0.29) is 22.9 Å². The second-order valence-corrected chi connectivity index (χ2v) is 7.27. The van der Waals surface area contributed by atoms with E-state index in [0.29, 0.717) is 25.0 Å². The van der Waals surface area contributed by atoms with Gasteiger partial charge in [0.05, 0.1) is 11.1 Å². The lowest BCUT2D eigenvalue weighted by Gasteiger charge is -2.19. The molecule has 0 unspecified atom stereocenters. The van der Waals surface area contributed by atoms with Crippen molar-refractivity contribution in [3.8, 4) is 5.75 Å². The zero-order valence-corrected chi connectivity index (χ0v) is 18.9. The molecule has 0 radical (unpaired) electrons. The zero-order valence-electron chi connectivity index (χ0n) is 18.9. The minimum absolute atomic E-state index is 0.136. The van der Waals surface area contributed by atoms with Crippen LogP contribution < -0.4 is 15.6 Å². The molecule has 3 N–H and O–H groups in total. The fourth-order valence-electron chi connectivity index (χ4n) is 3.03. The molecular weight excluding hydrogens is 424 g/mol. The van der Waals surface area contributed by atoms with E-state index >= 15 is 0 Å². The SMILES string of the molecule is CCN(CC)c1nc(N/N=C\c2cc([N+](=O)[O-])ccc2O)nc(Nc2cc(C)ccc2C)n1. The molecule has 11 heteroatoms. The first-order valence-corrected chi connectivity index (χ1v) is 10.4. The van der Waals surface area contributed by atoms with Crippen LogP contribution in [-0.4, -0.2) is 44.3 Å². The number of phenols is 1. The van der Waals surface area contributed by atoms with Gasteiger partial charge in [-0.15, -0.1) is 0 Å². The Balaban J connectivity index is 1.91. The summed E-state index contributed by atoms with van der Waals surface area (Å²) in [6.07, 6.45) is 1.26. The lowest BCUT2D eigenvalue weighted by molar-refractivity contribution is -0.384. The number of nitro benzene ring substituents is 1. The Morgan fingerprint density at radius 3 is 2.52 bits per heavy atom. The number of nitrogens with zero attached hydrogens (tertiary/aromatic N) is 6. The van der Waals surface area contributed by atoms with Gasteiger partial charge >= 0.3 is 0 Å². The van der Waals surface area contributed by atoms with E-state index in [2.05, 4.69) is 30.8 Å². The molecule has 0 aliphatic carbocycles. The minimum atomic E-state index is -0.544. The first-order valence-electron chi connectivity index (χ1n) is 10.4. The van der Waals surface area contributed by atoms with Crippen LogP contribution in [0.3, 0.4) is 0 Å². The number of phenolic OH excluding ortho intramolecular Hbond substituents is 1. The lowest BCUT2D eigenvalue weighted by atomic mass is 10.1. The number of nitrogens with one attached hydrogen (secondary N) is 2. The third-order valence-electron chi connectivity index (χ3n) is 4.90. The van der Waals surface area contributed by atoms with Crippen LogP contribution in [0.4, 0.5) is 29.2 Å². The number of hydrazone groups is 1. The van der Waals surface area contributed by atoms with Gasteiger partial charge in [-0.25, -0.2) is 5.43 Å². The van der Waals surface area contributed by atoms with Crippen molar-refractivity contribution in [2.24, 2.45) is 5.10 Å². The summed E-state index contributed by atoms with van der Waals surface area (Å²) in [6, 6.07) is 9.73. The Hall–Kier alpha value is -4.28. The van der Waals surface area contributed by atoms with Gasteiger partial charge in [-0.1, -0.05) is 12.1 Å². The summed E-state index contributed by atoms with van der Waals surface area (Å²) < 4.78 is 0. The monoisotopic (exact) mass is 450 g/mol. The van der Waals surface area contributed by atoms with Crippen molar-refractivity contribution in [2.75, 3.05) is 28.7 Å². The van der Waals surface area contributed by atoms with Gasteiger partial charge in [-0.2, -0.15) is 20.1 Å². The van der Waals surface area contributed by atoms with Crippen LogP contribution in [0.5, 0.6) is 5.75 Å². The number of rotatable bonds is 9. The van der Waals surface area contributed by atoms with Crippen molar-refractivity contribution in [1.82, 2.24) is 15.0 Å². The number of hydrogen-bond acceptors (Lipinski definition) is 10. The molecule has 0 atom stereocenters. The van der Waals surface area contributed by atoms with E-state index in [0.717, 1.165) is 16.8 Å². The average Bonchev–Trinajstić information content (AvgIpc) is 2.78. The summed E-state index contributed by atoms with van der Waals surface area (Å²) in [5.74, 6) is 0.860. The minimum Gasteiger partial charge on any atom is -0.507 e. The number of hydrogen-bond donors (Lipinski definition) is 3. The normalized spacial score (nSPS) is 10.9. The van der Waals surface area contributed by atoms with E-state index in [1.165, 1.54) is 24.4 Å². The van der Waals surface area contributed by atoms with Crippen molar-refractivity contribution in [3.05, 3.63) is 63.2 Å². The molecule has 0 aliphatic heterocycles. The Labute approximate surface area is 191 Å². The third kappa shape index (κ3) is 5.91. The number of anilines is 4. The molecule has 1 heterocycles. The largest absolute Gasteiger partial charge is 0.507 e. The Kier molecular flexibility index (Phi) is 7.34. The van der Waals surface area contributed by atoms with Crippen molar-refractivity contribution in [1.29, 1.82) is 0 Å². The van der Waals surface area contributed by atoms with Gasteiger partial charge in [0.2, 0.25) is 17.8 Å². The fourth-order valence-corrected chi connectivity index (χ4v) is 3.03. The van der Waals surface area contributed by atoms with Gasteiger partial charge in [0, 0.05) is 36.5 Å². The molecular formula is C22H26N8O3. The van der Waals surface area contributed by atoms with Crippen LogP contribution >= 0.6 is 0 Å². The predicted octanol–water partition coefficient (Wildman–Crippen LogP) is 4.14. The number of aromatic hydroxyl groups is 1. The molecule has 1 aromatic heterocycles. The molecule has 172 valence electrons. The van der Waals surface area contributed by atoms with E-state index in [4.69, 9.17) is 0 Å². The van der Waals surface area contributed by atoms with Crippen LogP contribution in [0.15, 0.2) is 41.5 Å². The maximum absolute atomic E-state index is 11.0. The van der Waals surface area contributed by atoms with E-state index in [9.17, 15) is 15.2 Å². The number of benzene rings is 2. The second-order valence-electron chi connectivity index (χ2n) is 7.27. The number of aromatic nitrogens is 3. The highest BCUT2D eigenvalue weighted by Crippen LogP contribution is 2.23. The summed E-state index contributed by atoms with van der Waals surface area (Å²) in [7, 11) is 0. The molecule has 0 bridgehead atoms. The summed E-state index contributed by atoms with van der Waals surface area (Å²) in [4.78, 5) is 25.8. The molecule has 0 saturated heterocycles. The molecule has 3 rings (SSSR count). The van der Waals surface area contributed by atoms with Gasteiger partial charge in [0.25, 0.3) is 5.69 Å². The summed E-state index contributed by atoms with van der Waals surface area (Å²) >= 11 is 0. The van der Waals surface area contributed by atoms with E-state index in [1.807, 2.05) is 50.8 Å². The highest BCUT2D eigenvalue weighted by molar-refractivity contribution is 5.84. The standard InChI is InChI=1S/C22H26N8O3/c1-5-29(6-2)22-26-20(24-18-11-14(3)7-8-15(18)4)25-21(27-22)28-23-13-16-12-17(30(32)33)9-10-19(16)31/h7-13,31H,5-6H2,1-4H3,(H2,24,25,26,27,28)/b23-13-. The van der Waals surface area contributed by atoms with E-state index < -0.39 is 4.92 Å².